The molecule has 0 N–H and O–H groups in total. The Bertz CT molecular complexity index is 2930. The molecule has 13 nitrogen and oxygen atoms in total. The number of hydrogen-bond acceptors (Lipinski definition) is 11. The Balaban J connectivity index is 0.000000342. The molecule has 0 fully saturated rings. The van der Waals surface area contributed by atoms with Crippen LogP contribution in [0.25, 0.3) is 10.6 Å². The topological polar surface area (TPSA) is 210 Å². The maximum absolute atomic E-state index is 13.4. The van der Waals surface area contributed by atoms with E-state index in [1.54, 1.807) is 183 Å². The predicted molar refractivity (Wildman–Crippen MR) is 304 cm³/mol. The summed E-state index contributed by atoms with van der Waals surface area (Å²) in [5, 5.41) is 61.6. The molecule has 5 heterocycles. The van der Waals surface area contributed by atoms with Gasteiger partial charge in [-0.15, -0.1) is 46.5 Å². The van der Waals surface area contributed by atoms with E-state index in [1.165, 1.54) is 36.7 Å². The third-order valence-electron chi connectivity index (χ3n) is 10.5. The van der Waals surface area contributed by atoms with Crippen molar-refractivity contribution in [2.24, 2.45) is 9.98 Å². The van der Waals surface area contributed by atoms with Crippen LogP contribution in [0.3, 0.4) is 0 Å². The Hall–Kier alpha value is -9.23. The summed E-state index contributed by atoms with van der Waals surface area (Å²) in [7, 11) is 0. The maximum atomic E-state index is 13.4. The molecule has 0 aliphatic rings. The zero-order valence-electron chi connectivity index (χ0n) is 43.1. The van der Waals surface area contributed by atoms with E-state index >= 15 is 0 Å². The Morgan fingerprint density at radius 1 is 0.300 bits per heavy atom. The molecule has 2 atom stereocenters. The number of aromatic nitrogens is 5. The molecule has 11 aromatic rings. The molecule has 11 rings (SSSR count). The zero-order valence-corrected chi connectivity index (χ0v) is 48.3. The maximum Gasteiger partial charge on any atom is 3.00 e. The van der Waals surface area contributed by atoms with Gasteiger partial charge >= 0.3 is 47.9 Å². The van der Waals surface area contributed by atoms with Crippen molar-refractivity contribution in [1.82, 2.24) is 24.9 Å². The van der Waals surface area contributed by atoms with Gasteiger partial charge in [0, 0.05) is 85.8 Å². The van der Waals surface area contributed by atoms with Crippen molar-refractivity contribution in [3.63, 3.8) is 0 Å². The molecule has 5 aromatic heterocycles. The number of benzene rings is 6. The van der Waals surface area contributed by atoms with Crippen LogP contribution in [0.2, 0.25) is 0 Å². The van der Waals surface area contributed by atoms with Gasteiger partial charge in [-0.1, -0.05) is 175 Å². The molecular weight excluding hydrogens is 1270 g/mol. The number of rotatable bonds is 11. The van der Waals surface area contributed by atoms with E-state index in [1.807, 2.05) is 91.0 Å². The summed E-state index contributed by atoms with van der Waals surface area (Å²) >= 11 is 0. The molecule has 0 amide bonds. The van der Waals surface area contributed by atoms with E-state index in [4.69, 9.17) is 10.6 Å². The number of nitrogens with zero attached hydrogens (tertiary/aromatic N) is 9. The first-order valence-corrected chi connectivity index (χ1v) is 24.4. The molecule has 80 heavy (non-hydrogen) atoms. The number of aliphatic imine (C=N–C) groups is 2. The molecule has 0 spiro atoms. The molecule has 0 aliphatic carbocycles. The van der Waals surface area contributed by atoms with Crippen LogP contribution >= 0.6 is 0 Å². The summed E-state index contributed by atoms with van der Waals surface area (Å²) < 4.78 is 0. The van der Waals surface area contributed by atoms with Crippen molar-refractivity contribution in [2.75, 3.05) is 0 Å². The Labute approximate surface area is 501 Å². The summed E-state index contributed by atoms with van der Waals surface area (Å²) in [6.45, 7) is 0. The predicted octanol–water partition coefficient (Wildman–Crippen LogP) is 13.1. The first kappa shape index (κ1) is 63.3. The Morgan fingerprint density at radius 2 is 0.550 bits per heavy atom. The average Bonchev–Trinajstić information content (AvgIpc) is 3.56. The third kappa shape index (κ3) is 23.2. The summed E-state index contributed by atoms with van der Waals surface area (Å²) in [5.41, 5.74) is 3.30. The molecule has 0 unspecified atom stereocenters. The molecule has 395 valence electrons. The van der Waals surface area contributed by atoms with E-state index < -0.39 is 12.1 Å². The van der Waals surface area contributed by atoms with Gasteiger partial charge in [0.1, 0.15) is 0 Å². The van der Waals surface area contributed by atoms with Gasteiger partial charge in [-0.05, 0) is 83.9 Å². The average molecular weight is 1320 g/mol. The van der Waals surface area contributed by atoms with Crippen LogP contribution in [-0.2, 0) is 16.8 Å². The largest absolute Gasteiger partial charge is 3.00 e. The SMILES string of the molecule is [Co+3].[O-]c1ccccc1C=Nc1ccccc1[N-][C@H](c1ccccc1[O-])[C@H]([N-]c1ccccc1N=Cc1ccccc1[O-])c1ccccc1[O-].[U+3].c1ccncc1.c1ccncc1.c1ccncc1.c1ccncc1.c1ccncc1. The first-order valence-electron chi connectivity index (χ1n) is 24.4. The van der Waals surface area contributed by atoms with Crippen LogP contribution in [0.1, 0.15) is 34.3 Å². The fourth-order valence-corrected chi connectivity index (χ4v) is 6.75. The minimum atomic E-state index is -0.962. The number of hydrogen-bond donors (Lipinski definition) is 0. The van der Waals surface area contributed by atoms with Crippen molar-refractivity contribution in [3.8, 4) is 23.0 Å². The van der Waals surface area contributed by atoms with Crippen LogP contribution in [-0.4, -0.2) is 37.3 Å². The van der Waals surface area contributed by atoms with Crippen molar-refractivity contribution in [3.05, 3.63) is 331 Å². The fourth-order valence-electron chi connectivity index (χ4n) is 6.75. The van der Waals surface area contributed by atoms with E-state index in [-0.39, 0.29) is 70.9 Å². The fraction of sp³-hybridized carbons (Fsp3) is 0.0308. The molecule has 6 aromatic carbocycles. The van der Waals surface area contributed by atoms with Crippen LogP contribution < -0.4 is 20.4 Å². The standard InChI is InChI=1S/C40H32N4O4.5C5H5N.Co.U/c45-35-21-9-1-13-27(35)25-41-31-17-5-7-19-33(31)43-39(29-15-3-11-23-37(29)47)40(30-16-4-12-24-38(30)48)44-34-20-8-6-18-32(34)42-26-28-14-2-10-22-36(28)46;5*1-2-4-6-5-3-1;;/h1-26,39-40,47-48H,(H,41,45)(H,42,46);5*1-5H;;/q-2;;;;;;2*+3/p-4/t39-,40-;;;;;;;/m1......./s1. The first-order chi connectivity index (χ1) is 38.5. The second-order valence-electron chi connectivity index (χ2n) is 15.9. The minimum absolute atomic E-state index is 0. The number of pyridine rings is 5. The van der Waals surface area contributed by atoms with Gasteiger partial charge in [-0.25, -0.2) is 0 Å². The van der Waals surface area contributed by atoms with Crippen molar-refractivity contribution >= 4 is 35.2 Å². The Kier molecular flexibility index (Phi) is 30.3. The van der Waals surface area contributed by atoms with Gasteiger partial charge in [-0.3, -0.25) is 34.9 Å². The van der Waals surface area contributed by atoms with Crippen molar-refractivity contribution in [2.45, 2.75) is 12.1 Å². The molecule has 0 saturated carbocycles. The molecule has 1 radical (unpaired) electrons. The Morgan fingerprint density at radius 3 is 0.800 bits per heavy atom. The van der Waals surface area contributed by atoms with E-state index in [9.17, 15) is 20.4 Å². The molecular formula is C65H53CoN9O4U. The van der Waals surface area contributed by atoms with Crippen LogP contribution in [0, 0.1) is 31.1 Å². The van der Waals surface area contributed by atoms with Gasteiger partial charge in [0.05, 0.1) is 0 Å². The van der Waals surface area contributed by atoms with Crippen LogP contribution in [0.4, 0.5) is 22.7 Å². The van der Waals surface area contributed by atoms with E-state index in [0.717, 1.165) is 0 Å². The quantitative estimate of drug-likeness (QED) is 0.113. The number of para-hydroxylation sites is 8. The normalized spacial score (nSPS) is 10.6. The van der Waals surface area contributed by atoms with E-state index in [2.05, 4.69) is 34.9 Å². The van der Waals surface area contributed by atoms with Gasteiger partial charge in [0.15, 0.2) is 0 Å². The van der Waals surface area contributed by atoms with Gasteiger partial charge in [0.2, 0.25) is 0 Å². The third-order valence-corrected chi connectivity index (χ3v) is 10.5. The molecule has 15 heteroatoms. The molecule has 0 aliphatic heterocycles. The zero-order chi connectivity index (χ0) is 54.5. The van der Waals surface area contributed by atoms with Crippen LogP contribution in [0.5, 0.6) is 23.0 Å². The summed E-state index contributed by atoms with van der Waals surface area (Å²) in [6.07, 6.45) is 20.5. The second-order valence-corrected chi connectivity index (χ2v) is 15.9. The minimum Gasteiger partial charge on any atom is -0.872 e. The summed E-state index contributed by atoms with van der Waals surface area (Å²) in [4.78, 5) is 28.1. The smallest absolute Gasteiger partial charge is 0.872 e. The van der Waals surface area contributed by atoms with Gasteiger partial charge in [0.25, 0.3) is 0 Å². The summed E-state index contributed by atoms with van der Waals surface area (Å²) in [5.74, 6) is -0.872. The van der Waals surface area contributed by atoms with Crippen molar-refractivity contribution in [1.29, 1.82) is 0 Å². The molecule has 0 bridgehead atoms. The van der Waals surface area contributed by atoms with Gasteiger partial charge < -0.3 is 31.1 Å². The van der Waals surface area contributed by atoms with Gasteiger partial charge in [-0.2, -0.15) is 0 Å². The summed E-state index contributed by atoms with van der Waals surface area (Å²) in [6, 6.07) is 67.1. The van der Waals surface area contributed by atoms with Crippen molar-refractivity contribution < 1.29 is 68.3 Å². The second kappa shape index (κ2) is 38.3. The molecule has 0 saturated heterocycles. The van der Waals surface area contributed by atoms with E-state index in [0.29, 0.717) is 45.0 Å². The van der Waals surface area contributed by atoms with Crippen LogP contribution in [0.15, 0.2) is 309 Å². The monoisotopic (exact) mass is 1320 g/mol.